The molecule has 1 aromatic carbocycles. The van der Waals surface area contributed by atoms with E-state index in [2.05, 4.69) is 28.2 Å². The van der Waals surface area contributed by atoms with Crippen LogP contribution in [0.1, 0.15) is 31.7 Å². The molecule has 0 amide bonds. The van der Waals surface area contributed by atoms with Crippen molar-refractivity contribution in [3.8, 4) is 0 Å². The van der Waals surface area contributed by atoms with Gasteiger partial charge in [-0.2, -0.15) is 0 Å². The Bertz CT molecular complexity index is 324. The number of benzene rings is 1. The summed E-state index contributed by atoms with van der Waals surface area (Å²) in [6.45, 7) is 2.19. The molecular weight excluding hydrogens is 269 g/mol. The van der Waals surface area contributed by atoms with Gasteiger partial charge in [-0.05, 0) is 66.4 Å². The minimum atomic E-state index is -0.189. The van der Waals surface area contributed by atoms with Gasteiger partial charge in [0.15, 0.2) is 0 Å². The Balaban J connectivity index is 2.40. The van der Waals surface area contributed by atoms with Crippen LogP contribution in [0.3, 0.4) is 0 Å². The van der Waals surface area contributed by atoms with Crippen molar-refractivity contribution in [2.24, 2.45) is 0 Å². The molecule has 1 aromatic rings. The second-order valence-corrected chi connectivity index (χ2v) is 4.89. The highest BCUT2D eigenvalue weighted by molar-refractivity contribution is 9.10. The Hall–Kier alpha value is -0.410. The van der Waals surface area contributed by atoms with E-state index in [4.69, 9.17) is 0 Å². The van der Waals surface area contributed by atoms with Crippen LogP contribution in [0.5, 0.6) is 0 Å². The van der Waals surface area contributed by atoms with E-state index in [0.29, 0.717) is 10.5 Å². The van der Waals surface area contributed by atoms with Gasteiger partial charge in [0.1, 0.15) is 5.82 Å². The molecular formula is C13H19BrFN. The van der Waals surface area contributed by atoms with Crippen LogP contribution >= 0.6 is 15.9 Å². The summed E-state index contributed by atoms with van der Waals surface area (Å²) < 4.78 is 13.6. The first-order valence-corrected chi connectivity index (χ1v) is 6.57. The van der Waals surface area contributed by atoms with E-state index in [1.807, 2.05) is 19.2 Å². The summed E-state index contributed by atoms with van der Waals surface area (Å²) in [7, 11) is 2.00. The Morgan fingerprint density at radius 1 is 1.44 bits per heavy atom. The van der Waals surface area contributed by atoms with Crippen LogP contribution in [0.25, 0.3) is 0 Å². The van der Waals surface area contributed by atoms with Gasteiger partial charge in [0.05, 0.1) is 4.47 Å². The Morgan fingerprint density at radius 3 is 2.75 bits per heavy atom. The molecule has 0 bridgehead atoms. The summed E-state index contributed by atoms with van der Waals surface area (Å²) in [6, 6.07) is 5.86. The molecule has 1 rings (SSSR count). The van der Waals surface area contributed by atoms with Gasteiger partial charge in [-0.1, -0.05) is 13.0 Å². The summed E-state index contributed by atoms with van der Waals surface area (Å²) in [5.41, 5.74) is 1.19. The Labute approximate surface area is 106 Å². The zero-order chi connectivity index (χ0) is 12.0. The molecule has 0 aliphatic rings. The zero-order valence-electron chi connectivity index (χ0n) is 9.89. The number of hydrogen-bond acceptors (Lipinski definition) is 1. The summed E-state index contributed by atoms with van der Waals surface area (Å²) in [4.78, 5) is 0. The maximum atomic E-state index is 13.0. The van der Waals surface area contributed by atoms with Crippen molar-refractivity contribution in [2.75, 3.05) is 7.05 Å². The Morgan fingerprint density at radius 2 is 2.19 bits per heavy atom. The lowest BCUT2D eigenvalue weighted by Gasteiger charge is -2.13. The van der Waals surface area contributed by atoms with Crippen LogP contribution < -0.4 is 5.32 Å². The van der Waals surface area contributed by atoms with Crippen molar-refractivity contribution in [2.45, 2.75) is 38.6 Å². The largest absolute Gasteiger partial charge is 0.317 e. The molecule has 0 aliphatic carbocycles. The second-order valence-electron chi connectivity index (χ2n) is 4.03. The fourth-order valence-corrected chi connectivity index (χ4v) is 2.23. The van der Waals surface area contributed by atoms with Gasteiger partial charge in [0, 0.05) is 6.04 Å². The van der Waals surface area contributed by atoms with Crippen LogP contribution in [0.15, 0.2) is 22.7 Å². The predicted molar refractivity (Wildman–Crippen MR) is 70.2 cm³/mol. The number of hydrogen-bond donors (Lipinski definition) is 1. The van der Waals surface area contributed by atoms with Crippen LogP contribution in [0.2, 0.25) is 0 Å². The third-order valence-electron chi connectivity index (χ3n) is 2.90. The molecule has 0 radical (unpaired) electrons. The number of halogens is 2. The lowest BCUT2D eigenvalue weighted by atomic mass is 10.0. The second kappa shape index (κ2) is 7.02. The maximum absolute atomic E-state index is 13.0. The van der Waals surface area contributed by atoms with E-state index in [9.17, 15) is 4.39 Å². The summed E-state index contributed by atoms with van der Waals surface area (Å²) in [5, 5.41) is 3.29. The van der Waals surface area contributed by atoms with E-state index >= 15 is 0 Å². The SMILES string of the molecule is CCC(CCCc1ccc(F)c(Br)c1)NC. The van der Waals surface area contributed by atoms with Gasteiger partial charge in [-0.3, -0.25) is 0 Å². The van der Waals surface area contributed by atoms with Crippen molar-refractivity contribution < 1.29 is 4.39 Å². The molecule has 1 unspecified atom stereocenters. The van der Waals surface area contributed by atoms with Gasteiger partial charge in [0.25, 0.3) is 0 Å². The molecule has 0 aromatic heterocycles. The van der Waals surface area contributed by atoms with Crippen LogP contribution in [-0.4, -0.2) is 13.1 Å². The minimum Gasteiger partial charge on any atom is -0.317 e. The molecule has 3 heteroatoms. The third-order valence-corrected chi connectivity index (χ3v) is 3.51. The van der Waals surface area contributed by atoms with E-state index < -0.39 is 0 Å². The lowest BCUT2D eigenvalue weighted by Crippen LogP contribution is -2.23. The average molecular weight is 288 g/mol. The molecule has 0 fully saturated rings. The van der Waals surface area contributed by atoms with Crippen LogP contribution in [0.4, 0.5) is 4.39 Å². The monoisotopic (exact) mass is 287 g/mol. The van der Waals surface area contributed by atoms with Gasteiger partial charge >= 0.3 is 0 Å². The summed E-state index contributed by atoms with van der Waals surface area (Å²) in [6.07, 6.45) is 4.47. The van der Waals surface area contributed by atoms with Crippen molar-refractivity contribution in [3.05, 3.63) is 34.1 Å². The molecule has 1 N–H and O–H groups in total. The topological polar surface area (TPSA) is 12.0 Å². The molecule has 0 aliphatic heterocycles. The highest BCUT2D eigenvalue weighted by Gasteiger charge is 2.04. The van der Waals surface area contributed by atoms with E-state index in [0.717, 1.165) is 19.3 Å². The average Bonchev–Trinajstić information content (AvgIpc) is 2.29. The maximum Gasteiger partial charge on any atom is 0.137 e. The first kappa shape index (κ1) is 13.7. The van der Waals surface area contributed by atoms with Gasteiger partial charge in [-0.15, -0.1) is 0 Å². The fourth-order valence-electron chi connectivity index (χ4n) is 1.80. The van der Waals surface area contributed by atoms with Crippen molar-refractivity contribution in [1.82, 2.24) is 5.32 Å². The van der Waals surface area contributed by atoms with E-state index in [1.165, 1.54) is 18.1 Å². The number of aryl methyl sites for hydroxylation is 1. The molecule has 1 atom stereocenters. The van der Waals surface area contributed by atoms with Crippen LogP contribution in [0, 0.1) is 5.82 Å². The highest BCUT2D eigenvalue weighted by atomic mass is 79.9. The molecule has 0 heterocycles. The van der Waals surface area contributed by atoms with Crippen molar-refractivity contribution >= 4 is 15.9 Å². The van der Waals surface area contributed by atoms with Crippen molar-refractivity contribution in [3.63, 3.8) is 0 Å². The minimum absolute atomic E-state index is 0.189. The first-order valence-electron chi connectivity index (χ1n) is 5.78. The van der Waals surface area contributed by atoms with Gasteiger partial charge in [0.2, 0.25) is 0 Å². The fraction of sp³-hybridized carbons (Fsp3) is 0.538. The molecule has 16 heavy (non-hydrogen) atoms. The summed E-state index contributed by atoms with van der Waals surface area (Å²) >= 11 is 3.21. The molecule has 90 valence electrons. The predicted octanol–water partition coefficient (Wildman–Crippen LogP) is 3.91. The quantitative estimate of drug-likeness (QED) is 0.837. The molecule has 0 saturated heterocycles. The van der Waals surface area contributed by atoms with Gasteiger partial charge < -0.3 is 5.32 Å². The molecule has 1 nitrogen and oxygen atoms in total. The number of rotatable bonds is 6. The summed E-state index contributed by atoms with van der Waals surface area (Å²) in [5.74, 6) is -0.189. The first-order chi connectivity index (χ1) is 7.67. The third kappa shape index (κ3) is 4.22. The molecule has 0 spiro atoms. The van der Waals surface area contributed by atoms with Crippen molar-refractivity contribution in [1.29, 1.82) is 0 Å². The smallest absolute Gasteiger partial charge is 0.137 e. The Kier molecular flexibility index (Phi) is 5.99. The van der Waals surface area contributed by atoms with Crippen LogP contribution in [-0.2, 0) is 6.42 Å². The number of nitrogens with one attached hydrogen (secondary N) is 1. The highest BCUT2D eigenvalue weighted by Crippen LogP contribution is 2.18. The normalized spacial score (nSPS) is 12.8. The standard InChI is InChI=1S/C13H19BrFN/c1-3-11(16-2)6-4-5-10-7-8-13(15)12(14)9-10/h7-9,11,16H,3-6H2,1-2H3. The lowest BCUT2D eigenvalue weighted by molar-refractivity contribution is 0.491. The zero-order valence-corrected chi connectivity index (χ0v) is 11.5. The van der Waals surface area contributed by atoms with Gasteiger partial charge in [-0.25, -0.2) is 4.39 Å². The molecule has 0 saturated carbocycles. The van der Waals surface area contributed by atoms with E-state index in [1.54, 1.807) is 0 Å². The van der Waals surface area contributed by atoms with E-state index in [-0.39, 0.29) is 5.82 Å².